The minimum absolute atomic E-state index is 0.194. The summed E-state index contributed by atoms with van der Waals surface area (Å²) < 4.78 is 0. The van der Waals surface area contributed by atoms with Crippen molar-refractivity contribution < 1.29 is 9.85 Å². The van der Waals surface area contributed by atoms with E-state index in [2.05, 4.69) is 12.2 Å². The van der Waals surface area contributed by atoms with Crippen LogP contribution in [0.25, 0.3) is 0 Å². The van der Waals surface area contributed by atoms with E-state index in [1.165, 1.54) is 25.0 Å². The summed E-state index contributed by atoms with van der Waals surface area (Å²) in [5, 5.41) is 25.1. The number of nitrogens with zero attached hydrogens (tertiary/aromatic N) is 2. The summed E-state index contributed by atoms with van der Waals surface area (Å²) in [4.78, 5) is 20.6. The molecule has 0 radical (unpaired) electrons. The average molecular weight is 293 g/mol. The van der Waals surface area contributed by atoms with Gasteiger partial charge in [0.15, 0.2) is 0 Å². The molecule has 0 aromatic heterocycles. The number of hydrogen-bond acceptors (Lipinski definition) is 5. The van der Waals surface area contributed by atoms with E-state index in [9.17, 15) is 20.2 Å². The fourth-order valence-corrected chi connectivity index (χ4v) is 2.70. The van der Waals surface area contributed by atoms with Crippen LogP contribution < -0.4 is 5.32 Å². The quantitative estimate of drug-likeness (QED) is 0.664. The van der Waals surface area contributed by atoms with E-state index >= 15 is 0 Å². The minimum atomic E-state index is -0.618. The minimum Gasteiger partial charge on any atom is -0.310 e. The van der Waals surface area contributed by atoms with Crippen molar-refractivity contribution in [2.24, 2.45) is 5.92 Å². The highest BCUT2D eigenvalue weighted by atomic mass is 16.6. The van der Waals surface area contributed by atoms with Crippen molar-refractivity contribution in [2.45, 2.75) is 45.2 Å². The number of hydrogen-bond donors (Lipinski definition) is 1. The zero-order valence-corrected chi connectivity index (χ0v) is 11.9. The first-order valence-electron chi connectivity index (χ1n) is 7.12. The predicted molar refractivity (Wildman–Crippen MR) is 78.0 cm³/mol. The summed E-state index contributed by atoms with van der Waals surface area (Å²) in [5.41, 5.74) is 0.0436. The Morgan fingerprint density at radius 2 is 1.81 bits per heavy atom. The van der Waals surface area contributed by atoms with Gasteiger partial charge in [-0.15, -0.1) is 0 Å². The third-order valence-corrected chi connectivity index (χ3v) is 4.07. The Labute approximate surface area is 122 Å². The van der Waals surface area contributed by atoms with Gasteiger partial charge in [-0.25, -0.2) is 0 Å². The summed E-state index contributed by atoms with van der Waals surface area (Å²) in [6.07, 6.45) is 4.48. The molecule has 1 saturated carbocycles. The van der Waals surface area contributed by atoms with Gasteiger partial charge in [0.05, 0.1) is 15.9 Å². The first kappa shape index (κ1) is 15.4. The largest absolute Gasteiger partial charge is 0.310 e. The van der Waals surface area contributed by atoms with Gasteiger partial charge in [-0.1, -0.05) is 6.92 Å². The molecule has 2 rings (SSSR count). The highest BCUT2D eigenvalue weighted by Crippen LogP contribution is 2.26. The van der Waals surface area contributed by atoms with Crippen LogP contribution in [0.2, 0.25) is 0 Å². The van der Waals surface area contributed by atoms with E-state index in [-0.39, 0.29) is 11.4 Å². The van der Waals surface area contributed by atoms with Crippen molar-refractivity contribution in [1.29, 1.82) is 0 Å². The third-order valence-electron chi connectivity index (χ3n) is 4.07. The Kier molecular flexibility index (Phi) is 4.85. The van der Waals surface area contributed by atoms with Gasteiger partial charge in [-0.05, 0) is 37.7 Å². The van der Waals surface area contributed by atoms with Crippen LogP contribution in [-0.2, 0) is 6.54 Å². The van der Waals surface area contributed by atoms with Crippen LogP contribution in [0.4, 0.5) is 11.4 Å². The molecule has 1 N–H and O–H groups in total. The predicted octanol–water partition coefficient (Wildman–Crippen LogP) is 3.17. The summed E-state index contributed by atoms with van der Waals surface area (Å²) in [6, 6.07) is 4.18. The van der Waals surface area contributed by atoms with Gasteiger partial charge in [0.1, 0.15) is 0 Å². The molecule has 0 saturated heterocycles. The number of nitro groups is 2. The Morgan fingerprint density at radius 3 is 2.38 bits per heavy atom. The number of nitrogens with one attached hydrogen (secondary N) is 1. The SMILES string of the molecule is CC1CCC(NCc2ccc([N+](=O)[O-])cc2[N+](=O)[O-])CC1. The summed E-state index contributed by atoms with van der Waals surface area (Å²) in [7, 11) is 0. The molecule has 1 aliphatic rings. The average Bonchev–Trinajstić information content (AvgIpc) is 2.46. The molecule has 0 aliphatic heterocycles. The Morgan fingerprint density at radius 1 is 1.14 bits per heavy atom. The lowest BCUT2D eigenvalue weighted by Gasteiger charge is -2.27. The van der Waals surface area contributed by atoms with Crippen molar-refractivity contribution in [3.8, 4) is 0 Å². The molecule has 0 amide bonds. The lowest BCUT2D eigenvalue weighted by Crippen LogP contribution is -2.32. The standard InChI is InChI=1S/C14H19N3O4/c1-10-2-5-12(6-3-10)15-9-11-4-7-13(16(18)19)8-14(11)17(20)21/h4,7-8,10,12,15H,2-3,5-6,9H2,1H3. The van der Waals surface area contributed by atoms with Gasteiger partial charge in [0.25, 0.3) is 11.4 Å². The van der Waals surface area contributed by atoms with E-state index in [0.717, 1.165) is 24.8 Å². The molecule has 1 aliphatic carbocycles. The number of rotatable bonds is 5. The fourth-order valence-electron chi connectivity index (χ4n) is 2.70. The highest BCUT2D eigenvalue weighted by molar-refractivity contribution is 5.49. The molecule has 0 heterocycles. The molecule has 1 aromatic rings. The molecule has 7 nitrogen and oxygen atoms in total. The monoisotopic (exact) mass is 293 g/mol. The van der Waals surface area contributed by atoms with E-state index in [0.29, 0.717) is 18.2 Å². The second-order valence-electron chi connectivity index (χ2n) is 5.66. The maximum absolute atomic E-state index is 11.0. The van der Waals surface area contributed by atoms with Gasteiger partial charge in [0.2, 0.25) is 0 Å². The second kappa shape index (κ2) is 6.62. The molecule has 0 bridgehead atoms. The Bertz CT molecular complexity index is 539. The number of benzene rings is 1. The van der Waals surface area contributed by atoms with E-state index < -0.39 is 9.85 Å². The zero-order chi connectivity index (χ0) is 15.4. The third kappa shape index (κ3) is 3.98. The molecule has 21 heavy (non-hydrogen) atoms. The van der Waals surface area contributed by atoms with Crippen LogP contribution in [0.5, 0.6) is 0 Å². The lowest BCUT2D eigenvalue weighted by molar-refractivity contribution is -0.394. The van der Waals surface area contributed by atoms with Gasteiger partial charge < -0.3 is 5.32 Å². The molecule has 7 heteroatoms. The van der Waals surface area contributed by atoms with Crippen molar-refractivity contribution in [1.82, 2.24) is 5.32 Å². The molecular formula is C14H19N3O4. The normalized spacial score (nSPS) is 22.0. The summed E-state index contributed by atoms with van der Waals surface area (Å²) in [5.74, 6) is 0.747. The molecule has 1 aromatic carbocycles. The van der Waals surface area contributed by atoms with Crippen molar-refractivity contribution >= 4 is 11.4 Å². The van der Waals surface area contributed by atoms with Crippen LogP contribution in [0, 0.1) is 26.1 Å². The number of nitro benzene ring substituents is 2. The van der Waals surface area contributed by atoms with E-state index in [4.69, 9.17) is 0 Å². The maximum atomic E-state index is 11.0. The molecule has 0 atom stereocenters. The fraction of sp³-hybridized carbons (Fsp3) is 0.571. The maximum Gasteiger partial charge on any atom is 0.280 e. The van der Waals surface area contributed by atoms with Crippen LogP contribution >= 0.6 is 0 Å². The van der Waals surface area contributed by atoms with Crippen LogP contribution in [-0.4, -0.2) is 15.9 Å². The molecular weight excluding hydrogens is 274 g/mol. The Balaban J connectivity index is 2.05. The smallest absolute Gasteiger partial charge is 0.280 e. The number of non-ortho nitro benzene ring substituents is 1. The zero-order valence-electron chi connectivity index (χ0n) is 11.9. The van der Waals surface area contributed by atoms with Crippen LogP contribution in [0.1, 0.15) is 38.2 Å². The molecule has 114 valence electrons. The second-order valence-corrected chi connectivity index (χ2v) is 5.66. The van der Waals surface area contributed by atoms with Gasteiger partial charge >= 0.3 is 0 Å². The van der Waals surface area contributed by atoms with Crippen molar-refractivity contribution in [3.63, 3.8) is 0 Å². The van der Waals surface area contributed by atoms with E-state index in [1.54, 1.807) is 0 Å². The lowest BCUT2D eigenvalue weighted by atomic mass is 9.87. The first-order valence-corrected chi connectivity index (χ1v) is 7.12. The van der Waals surface area contributed by atoms with Crippen LogP contribution in [0.15, 0.2) is 18.2 Å². The van der Waals surface area contributed by atoms with Gasteiger partial charge in [-0.2, -0.15) is 0 Å². The van der Waals surface area contributed by atoms with Gasteiger partial charge in [0, 0.05) is 24.2 Å². The summed E-state index contributed by atoms with van der Waals surface area (Å²) in [6.45, 7) is 2.60. The van der Waals surface area contributed by atoms with Crippen molar-refractivity contribution in [2.75, 3.05) is 0 Å². The summed E-state index contributed by atoms with van der Waals surface area (Å²) >= 11 is 0. The van der Waals surface area contributed by atoms with Crippen molar-refractivity contribution in [3.05, 3.63) is 44.0 Å². The van der Waals surface area contributed by atoms with Gasteiger partial charge in [-0.3, -0.25) is 20.2 Å². The molecule has 1 fully saturated rings. The first-order chi connectivity index (χ1) is 9.97. The topological polar surface area (TPSA) is 98.3 Å². The van der Waals surface area contributed by atoms with E-state index in [1.807, 2.05) is 0 Å². The highest BCUT2D eigenvalue weighted by Gasteiger charge is 2.21. The van der Waals surface area contributed by atoms with Crippen LogP contribution in [0.3, 0.4) is 0 Å². The molecule has 0 spiro atoms. The Hall–Kier alpha value is -2.02. The molecule has 0 unspecified atom stereocenters.